The topological polar surface area (TPSA) is 3.24 Å². The predicted molar refractivity (Wildman–Crippen MR) is 36.4 cm³/mol. The van der Waals surface area contributed by atoms with Crippen LogP contribution in [0.3, 0.4) is 0 Å². The highest BCUT2D eigenvalue weighted by atomic mass is 32.2. The quantitative estimate of drug-likeness (QED) is 0.519. The molecule has 0 radical (unpaired) electrons. The molecular formula is C5H13NS. The minimum Gasteiger partial charge on any atom is -0.251 e. The molecule has 0 aromatic heterocycles. The van der Waals surface area contributed by atoms with Crippen molar-refractivity contribution in [2.24, 2.45) is 0 Å². The Hall–Kier alpha value is 0.310. The van der Waals surface area contributed by atoms with Crippen molar-refractivity contribution < 1.29 is 0 Å². The molecule has 44 valence electrons. The van der Waals surface area contributed by atoms with Crippen LogP contribution >= 0.6 is 11.9 Å². The SMILES string of the molecule is CCN(CC)SC. The highest BCUT2D eigenvalue weighted by molar-refractivity contribution is 7.96. The third-order valence-corrected chi connectivity index (χ3v) is 2.00. The molecule has 0 atom stereocenters. The fourth-order valence-electron chi connectivity index (χ4n) is 0.482. The average molecular weight is 119 g/mol. The lowest BCUT2D eigenvalue weighted by atomic mass is 10.7. The molecule has 0 bridgehead atoms. The fraction of sp³-hybridized carbons (Fsp3) is 1.00. The summed E-state index contributed by atoms with van der Waals surface area (Å²) < 4.78 is 2.29. The van der Waals surface area contributed by atoms with Crippen LogP contribution in [0.1, 0.15) is 13.8 Å². The number of rotatable bonds is 3. The van der Waals surface area contributed by atoms with Gasteiger partial charge in [-0.15, -0.1) is 0 Å². The van der Waals surface area contributed by atoms with E-state index in [1.807, 2.05) is 0 Å². The highest BCUT2D eigenvalue weighted by Gasteiger charge is 1.90. The van der Waals surface area contributed by atoms with Crippen molar-refractivity contribution in [1.29, 1.82) is 0 Å². The van der Waals surface area contributed by atoms with Crippen molar-refractivity contribution in [3.63, 3.8) is 0 Å². The summed E-state index contributed by atoms with van der Waals surface area (Å²) in [4.78, 5) is 0. The van der Waals surface area contributed by atoms with Gasteiger partial charge in [-0.25, -0.2) is 0 Å². The van der Waals surface area contributed by atoms with Crippen LogP contribution in [0.15, 0.2) is 0 Å². The van der Waals surface area contributed by atoms with Gasteiger partial charge in [0.05, 0.1) is 0 Å². The summed E-state index contributed by atoms with van der Waals surface area (Å²) in [6.07, 6.45) is 2.10. The van der Waals surface area contributed by atoms with Gasteiger partial charge in [-0.1, -0.05) is 25.8 Å². The smallest absolute Gasteiger partial charge is 0.00606 e. The van der Waals surface area contributed by atoms with Crippen molar-refractivity contribution in [1.82, 2.24) is 4.31 Å². The molecule has 0 aromatic rings. The second-order valence-electron chi connectivity index (χ2n) is 1.30. The zero-order valence-electron chi connectivity index (χ0n) is 5.27. The van der Waals surface area contributed by atoms with Crippen molar-refractivity contribution in [3.8, 4) is 0 Å². The average Bonchev–Trinajstić information content (AvgIpc) is 1.72. The van der Waals surface area contributed by atoms with Gasteiger partial charge in [0.2, 0.25) is 0 Å². The van der Waals surface area contributed by atoms with Gasteiger partial charge in [-0.05, 0) is 6.26 Å². The van der Waals surface area contributed by atoms with Crippen molar-refractivity contribution in [2.75, 3.05) is 19.3 Å². The Kier molecular flexibility index (Phi) is 4.67. The molecule has 0 saturated carbocycles. The highest BCUT2D eigenvalue weighted by Crippen LogP contribution is 2.00. The molecule has 0 aliphatic rings. The normalized spacial score (nSPS) is 10.3. The lowest BCUT2D eigenvalue weighted by Gasteiger charge is -2.11. The first-order chi connectivity index (χ1) is 3.35. The zero-order chi connectivity index (χ0) is 5.70. The molecule has 0 heterocycles. The Balaban J connectivity index is 2.99. The first-order valence-corrected chi connectivity index (χ1v) is 3.82. The van der Waals surface area contributed by atoms with E-state index in [0.717, 1.165) is 13.1 Å². The van der Waals surface area contributed by atoms with Crippen LogP contribution in [0.25, 0.3) is 0 Å². The van der Waals surface area contributed by atoms with E-state index in [9.17, 15) is 0 Å². The Morgan fingerprint density at radius 2 is 1.71 bits per heavy atom. The van der Waals surface area contributed by atoms with E-state index >= 15 is 0 Å². The third kappa shape index (κ3) is 2.94. The van der Waals surface area contributed by atoms with Crippen LogP contribution in [0, 0.1) is 0 Å². The molecular weight excluding hydrogens is 106 g/mol. The first kappa shape index (κ1) is 7.31. The molecule has 2 heteroatoms. The van der Waals surface area contributed by atoms with Crippen molar-refractivity contribution in [2.45, 2.75) is 13.8 Å². The van der Waals surface area contributed by atoms with Crippen LogP contribution in [0.2, 0.25) is 0 Å². The van der Waals surface area contributed by atoms with E-state index in [1.54, 1.807) is 11.9 Å². The maximum atomic E-state index is 2.29. The molecule has 0 amide bonds. The van der Waals surface area contributed by atoms with Gasteiger partial charge < -0.3 is 0 Å². The number of hydrogen-bond acceptors (Lipinski definition) is 2. The van der Waals surface area contributed by atoms with Crippen molar-refractivity contribution >= 4 is 11.9 Å². The van der Waals surface area contributed by atoms with Gasteiger partial charge in [-0.2, -0.15) is 0 Å². The summed E-state index contributed by atoms with van der Waals surface area (Å²) in [5.74, 6) is 0. The Morgan fingerprint density at radius 1 is 1.29 bits per heavy atom. The minimum atomic E-state index is 1.15. The molecule has 0 aliphatic carbocycles. The monoisotopic (exact) mass is 119 g/mol. The van der Waals surface area contributed by atoms with Gasteiger partial charge in [0.15, 0.2) is 0 Å². The summed E-state index contributed by atoms with van der Waals surface area (Å²) in [6, 6.07) is 0. The molecule has 0 spiro atoms. The van der Waals surface area contributed by atoms with Crippen LogP contribution in [0.4, 0.5) is 0 Å². The largest absolute Gasteiger partial charge is 0.251 e. The third-order valence-electron chi connectivity index (χ3n) is 0.964. The second kappa shape index (κ2) is 4.47. The van der Waals surface area contributed by atoms with Crippen molar-refractivity contribution in [3.05, 3.63) is 0 Å². The maximum absolute atomic E-state index is 2.29. The molecule has 0 fully saturated rings. The molecule has 0 saturated heterocycles. The van der Waals surface area contributed by atoms with E-state index in [-0.39, 0.29) is 0 Å². The van der Waals surface area contributed by atoms with Gasteiger partial charge in [0.1, 0.15) is 0 Å². The Labute approximate surface area is 50.2 Å². The fourth-order valence-corrected chi connectivity index (χ4v) is 0.998. The molecule has 0 N–H and O–H groups in total. The molecule has 7 heavy (non-hydrogen) atoms. The van der Waals surface area contributed by atoms with Crippen LogP contribution in [0.5, 0.6) is 0 Å². The summed E-state index contributed by atoms with van der Waals surface area (Å²) in [7, 11) is 0. The lowest BCUT2D eigenvalue weighted by molar-refractivity contribution is 0.527. The first-order valence-electron chi connectivity index (χ1n) is 2.64. The van der Waals surface area contributed by atoms with E-state index in [4.69, 9.17) is 0 Å². The summed E-state index contributed by atoms with van der Waals surface area (Å²) in [5, 5.41) is 0. The van der Waals surface area contributed by atoms with E-state index in [0.29, 0.717) is 0 Å². The van der Waals surface area contributed by atoms with Crippen LogP contribution in [-0.2, 0) is 0 Å². The lowest BCUT2D eigenvalue weighted by Crippen LogP contribution is -2.12. The Bertz CT molecular complexity index is 29.6. The predicted octanol–water partition coefficient (Wildman–Crippen LogP) is 1.61. The molecule has 0 aliphatic heterocycles. The molecule has 0 unspecified atom stereocenters. The van der Waals surface area contributed by atoms with E-state index in [2.05, 4.69) is 24.4 Å². The maximum Gasteiger partial charge on any atom is 0.00606 e. The summed E-state index contributed by atoms with van der Waals surface area (Å²) in [5.41, 5.74) is 0. The standard InChI is InChI=1S/C5H13NS/c1-4-6(5-2)7-3/h4-5H2,1-3H3. The molecule has 1 nitrogen and oxygen atoms in total. The van der Waals surface area contributed by atoms with Gasteiger partial charge >= 0.3 is 0 Å². The summed E-state index contributed by atoms with van der Waals surface area (Å²) in [6.45, 7) is 6.63. The second-order valence-corrected chi connectivity index (χ2v) is 2.18. The van der Waals surface area contributed by atoms with Crippen LogP contribution < -0.4 is 0 Å². The van der Waals surface area contributed by atoms with Gasteiger partial charge in [-0.3, -0.25) is 4.31 Å². The number of nitrogens with zero attached hydrogens (tertiary/aromatic N) is 1. The summed E-state index contributed by atoms with van der Waals surface area (Å²) >= 11 is 1.80. The minimum absolute atomic E-state index is 1.15. The van der Waals surface area contributed by atoms with E-state index in [1.165, 1.54) is 0 Å². The zero-order valence-corrected chi connectivity index (χ0v) is 6.09. The van der Waals surface area contributed by atoms with Gasteiger partial charge in [0, 0.05) is 13.1 Å². The Morgan fingerprint density at radius 3 is 1.71 bits per heavy atom. The van der Waals surface area contributed by atoms with Crippen LogP contribution in [-0.4, -0.2) is 23.7 Å². The van der Waals surface area contributed by atoms with Gasteiger partial charge in [0.25, 0.3) is 0 Å². The number of hydrogen-bond donors (Lipinski definition) is 0. The van der Waals surface area contributed by atoms with E-state index < -0.39 is 0 Å². The molecule has 0 aromatic carbocycles. The molecule has 0 rings (SSSR count).